The molecule has 1 fully saturated rings. The van der Waals surface area contributed by atoms with E-state index in [1.165, 1.54) is 19.3 Å². The predicted octanol–water partition coefficient (Wildman–Crippen LogP) is 4.35. The molecule has 4 heteroatoms. The van der Waals surface area contributed by atoms with Gasteiger partial charge in [-0.1, -0.05) is 52.3 Å². The SMILES string of the molecule is O=C1c2ccccc2C(=O)C1(Br)c1cccc(N2CCCCC2)c1. The maximum atomic E-state index is 12.9. The Morgan fingerprint density at radius 2 is 1.46 bits per heavy atom. The number of benzene rings is 2. The molecule has 0 radical (unpaired) electrons. The van der Waals surface area contributed by atoms with Crippen LogP contribution in [-0.4, -0.2) is 24.7 Å². The first-order valence-corrected chi connectivity index (χ1v) is 9.15. The average molecular weight is 384 g/mol. The van der Waals surface area contributed by atoms with Gasteiger partial charge in [-0.15, -0.1) is 0 Å². The van der Waals surface area contributed by atoms with E-state index >= 15 is 0 Å². The van der Waals surface area contributed by atoms with Crippen molar-refractivity contribution in [1.29, 1.82) is 0 Å². The Morgan fingerprint density at radius 1 is 0.833 bits per heavy atom. The zero-order chi connectivity index (χ0) is 16.7. The molecule has 0 amide bonds. The van der Waals surface area contributed by atoms with Gasteiger partial charge in [-0.05, 0) is 37.0 Å². The molecule has 1 aliphatic carbocycles. The molecule has 0 spiro atoms. The third-order valence-electron chi connectivity index (χ3n) is 5.01. The summed E-state index contributed by atoms with van der Waals surface area (Å²) in [7, 11) is 0. The summed E-state index contributed by atoms with van der Waals surface area (Å²) in [5.41, 5.74) is 2.81. The number of nitrogens with zero attached hydrogens (tertiary/aromatic N) is 1. The minimum absolute atomic E-state index is 0.168. The van der Waals surface area contributed by atoms with E-state index in [0.29, 0.717) is 11.1 Å². The molecule has 0 bridgehead atoms. The third kappa shape index (κ3) is 2.24. The first kappa shape index (κ1) is 15.6. The van der Waals surface area contributed by atoms with Crippen molar-refractivity contribution in [2.75, 3.05) is 18.0 Å². The summed E-state index contributed by atoms with van der Waals surface area (Å²) in [6, 6.07) is 14.9. The summed E-state index contributed by atoms with van der Waals surface area (Å²) < 4.78 is -1.29. The van der Waals surface area contributed by atoms with Gasteiger partial charge in [-0.3, -0.25) is 9.59 Å². The van der Waals surface area contributed by atoms with Gasteiger partial charge in [0, 0.05) is 29.9 Å². The Labute approximate surface area is 149 Å². The van der Waals surface area contributed by atoms with E-state index in [9.17, 15) is 9.59 Å². The molecule has 0 N–H and O–H groups in total. The average Bonchev–Trinajstić information content (AvgIpc) is 2.85. The van der Waals surface area contributed by atoms with Gasteiger partial charge in [0.2, 0.25) is 0 Å². The Morgan fingerprint density at radius 3 is 2.08 bits per heavy atom. The van der Waals surface area contributed by atoms with Crippen molar-refractivity contribution >= 4 is 33.2 Å². The third-order valence-corrected chi connectivity index (χ3v) is 6.19. The molecule has 2 aromatic carbocycles. The van der Waals surface area contributed by atoms with E-state index in [4.69, 9.17) is 0 Å². The van der Waals surface area contributed by atoms with Crippen LogP contribution in [0.25, 0.3) is 0 Å². The minimum atomic E-state index is -1.29. The van der Waals surface area contributed by atoms with Crippen molar-refractivity contribution in [1.82, 2.24) is 0 Å². The lowest BCUT2D eigenvalue weighted by Gasteiger charge is -2.30. The van der Waals surface area contributed by atoms with Crippen LogP contribution in [0.15, 0.2) is 48.5 Å². The smallest absolute Gasteiger partial charge is 0.192 e. The number of alkyl halides is 1. The van der Waals surface area contributed by atoms with Crippen LogP contribution in [0, 0.1) is 0 Å². The Kier molecular flexibility index (Phi) is 3.80. The van der Waals surface area contributed by atoms with Crippen LogP contribution in [0.3, 0.4) is 0 Å². The summed E-state index contributed by atoms with van der Waals surface area (Å²) in [5, 5.41) is 0. The summed E-state index contributed by atoms with van der Waals surface area (Å²) in [6.45, 7) is 2.06. The standard InChI is InChI=1S/C20H18BrNO2/c21-20(18(23)16-9-2-3-10-17(16)19(20)24)14-7-6-8-15(13-14)22-11-4-1-5-12-22/h2-3,6-10,13H,1,4-5,11-12H2. The molecular formula is C20H18BrNO2. The predicted molar refractivity (Wildman–Crippen MR) is 98.2 cm³/mol. The molecule has 1 heterocycles. The summed E-state index contributed by atoms with van der Waals surface area (Å²) in [5.74, 6) is -0.335. The molecule has 0 unspecified atom stereocenters. The normalized spacial score (nSPS) is 19.5. The first-order valence-electron chi connectivity index (χ1n) is 8.35. The summed E-state index contributed by atoms with van der Waals surface area (Å²) in [4.78, 5) is 28.2. The zero-order valence-corrected chi connectivity index (χ0v) is 14.9. The Bertz CT molecular complexity index is 789. The Hall–Kier alpha value is -1.94. The van der Waals surface area contributed by atoms with Crippen LogP contribution in [0.1, 0.15) is 45.5 Å². The second-order valence-corrected chi connectivity index (χ2v) is 7.65. The van der Waals surface area contributed by atoms with E-state index in [1.807, 2.05) is 18.2 Å². The van der Waals surface area contributed by atoms with Crippen molar-refractivity contribution in [3.63, 3.8) is 0 Å². The highest BCUT2D eigenvalue weighted by atomic mass is 79.9. The van der Waals surface area contributed by atoms with Crippen molar-refractivity contribution in [2.24, 2.45) is 0 Å². The monoisotopic (exact) mass is 383 g/mol. The number of hydrogen-bond donors (Lipinski definition) is 0. The van der Waals surface area contributed by atoms with Crippen molar-refractivity contribution < 1.29 is 9.59 Å². The highest BCUT2D eigenvalue weighted by Crippen LogP contribution is 2.45. The maximum Gasteiger partial charge on any atom is 0.192 e. The quantitative estimate of drug-likeness (QED) is 0.571. The minimum Gasteiger partial charge on any atom is -0.372 e. The fraction of sp³-hybridized carbons (Fsp3) is 0.300. The molecule has 24 heavy (non-hydrogen) atoms. The number of halogens is 1. The van der Waals surface area contributed by atoms with Crippen molar-refractivity contribution in [3.05, 3.63) is 65.2 Å². The van der Waals surface area contributed by atoms with E-state index in [0.717, 1.165) is 24.3 Å². The van der Waals surface area contributed by atoms with Gasteiger partial charge in [0.05, 0.1) is 0 Å². The van der Waals surface area contributed by atoms with Gasteiger partial charge in [0.15, 0.2) is 15.9 Å². The highest BCUT2D eigenvalue weighted by molar-refractivity contribution is 9.10. The fourth-order valence-corrected chi connectivity index (χ4v) is 4.36. The first-order chi connectivity index (χ1) is 11.6. The number of Topliss-reactive ketones (excluding diaryl/α,β-unsaturated/α-hetero) is 2. The number of carbonyl (C=O) groups excluding carboxylic acids is 2. The van der Waals surface area contributed by atoms with E-state index in [1.54, 1.807) is 24.3 Å². The molecule has 1 saturated heterocycles. The second-order valence-electron chi connectivity index (χ2n) is 6.46. The van der Waals surface area contributed by atoms with Crippen molar-refractivity contribution in [3.8, 4) is 0 Å². The van der Waals surface area contributed by atoms with Gasteiger partial charge in [0.1, 0.15) is 0 Å². The maximum absolute atomic E-state index is 12.9. The topological polar surface area (TPSA) is 37.4 Å². The Balaban J connectivity index is 1.76. The van der Waals surface area contributed by atoms with Gasteiger partial charge < -0.3 is 4.90 Å². The van der Waals surface area contributed by atoms with Crippen LogP contribution >= 0.6 is 15.9 Å². The molecule has 0 aromatic heterocycles. The van der Waals surface area contributed by atoms with Crippen LogP contribution in [0.5, 0.6) is 0 Å². The molecule has 0 atom stereocenters. The van der Waals surface area contributed by atoms with E-state index in [-0.39, 0.29) is 11.6 Å². The lowest BCUT2D eigenvalue weighted by Crippen LogP contribution is -2.33. The van der Waals surface area contributed by atoms with Gasteiger partial charge in [-0.25, -0.2) is 0 Å². The second kappa shape index (κ2) is 5.85. The van der Waals surface area contributed by atoms with Crippen LogP contribution < -0.4 is 4.90 Å². The van der Waals surface area contributed by atoms with Crippen LogP contribution in [-0.2, 0) is 4.32 Å². The number of rotatable bonds is 2. The molecule has 1 aliphatic heterocycles. The number of hydrogen-bond acceptors (Lipinski definition) is 3. The van der Waals surface area contributed by atoms with E-state index < -0.39 is 4.32 Å². The molecule has 0 saturated carbocycles. The molecule has 4 rings (SSSR count). The summed E-state index contributed by atoms with van der Waals surface area (Å²) >= 11 is 3.51. The molecule has 2 aliphatic rings. The number of ketones is 2. The number of piperidine rings is 1. The summed E-state index contributed by atoms with van der Waals surface area (Å²) in [6.07, 6.45) is 3.64. The molecule has 3 nitrogen and oxygen atoms in total. The largest absolute Gasteiger partial charge is 0.372 e. The van der Waals surface area contributed by atoms with Gasteiger partial charge in [-0.2, -0.15) is 0 Å². The molecule has 2 aromatic rings. The lowest BCUT2D eigenvalue weighted by atomic mass is 9.93. The van der Waals surface area contributed by atoms with Crippen molar-refractivity contribution in [2.45, 2.75) is 23.6 Å². The number of carbonyl (C=O) groups is 2. The number of fused-ring (bicyclic) bond motifs is 1. The van der Waals surface area contributed by atoms with Crippen LogP contribution in [0.2, 0.25) is 0 Å². The lowest BCUT2D eigenvalue weighted by molar-refractivity contribution is 0.0871. The van der Waals surface area contributed by atoms with Gasteiger partial charge in [0.25, 0.3) is 0 Å². The van der Waals surface area contributed by atoms with E-state index in [2.05, 4.69) is 26.9 Å². The molecular weight excluding hydrogens is 366 g/mol. The van der Waals surface area contributed by atoms with Crippen LogP contribution in [0.4, 0.5) is 5.69 Å². The highest BCUT2D eigenvalue weighted by Gasteiger charge is 2.52. The number of anilines is 1. The fourth-order valence-electron chi connectivity index (χ4n) is 3.68. The zero-order valence-electron chi connectivity index (χ0n) is 13.3. The molecule has 122 valence electrons. The van der Waals surface area contributed by atoms with Gasteiger partial charge >= 0.3 is 0 Å².